The monoisotopic (exact) mass is 732 g/mol. The van der Waals surface area contributed by atoms with E-state index in [9.17, 15) is 10.2 Å². The maximum Gasteiger partial charge on any atom is 0.314 e. The normalized spacial score (nSPS) is 15.5. The van der Waals surface area contributed by atoms with Crippen molar-refractivity contribution in [1.82, 2.24) is 10.6 Å². The summed E-state index contributed by atoms with van der Waals surface area (Å²) in [7, 11) is -11.2. The molecule has 44 heavy (non-hydrogen) atoms. The van der Waals surface area contributed by atoms with Gasteiger partial charge >= 0.3 is 17.1 Å². The Morgan fingerprint density at radius 1 is 0.477 bits per heavy atom. The van der Waals surface area contributed by atoms with Gasteiger partial charge in [0.25, 0.3) is 0 Å². The molecule has 0 aliphatic rings. The molecule has 0 bridgehead atoms. The maximum absolute atomic E-state index is 10.2. The highest BCUT2D eigenvalue weighted by molar-refractivity contribution is 6.88. The van der Waals surface area contributed by atoms with Crippen molar-refractivity contribution in [3.05, 3.63) is 0 Å². The van der Waals surface area contributed by atoms with Gasteiger partial charge in [-0.1, -0.05) is 0 Å². The Kier molecular flexibility index (Phi) is 20.8. The number of rotatable bonds is 27. The minimum Gasteiger partial charge on any atom is -0.437 e. The minimum absolute atomic E-state index is 0.246. The van der Waals surface area contributed by atoms with Crippen LogP contribution in [0.4, 0.5) is 0 Å². The molecule has 10 nitrogen and oxygen atoms in total. The van der Waals surface area contributed by atoms with E-state index < -0.39 is 62.6 Å². The van der Waals surface area contributed by atoms with Gasteiger partial charge in [-0.05, 0) is 130 Å². The van der Waals surface area contributed by atoms with Crippen molar-refractivity contribution in [1.29, 1.82) is 0 Å². The van der Waals surface area contributed by atoms with Gasteiger partial charge in [0.2, 0.25) is 0 Å². The number of aliphatic hydroxyl groups is 2. The Labute approximate surface area is 277 Å². The first-order valence-electron chi connectivity index (χ1n) is 16.6. The molecule has 266 valence electrons. The van der Waals surface area contributed by atoms with Crippen molar-refractivity contribution in [2.45, 2.75) is 129 Å². The zero-order valence-corrected chi connectivity index (χ0v) is 37.0. The number of hydrogen-bond acceptors (Lipinski definition) is 10. The van der Waals surface area contributed by atoms with Gasteiger partial charge in [0, 0.05) is 13.1 Å². The van der Waals surface area contributed by atoms with E-state index >= 15 is 0 Å². The summed E-state index contributed by atoms with van der Waals surface area (Å²) in [6.45, 7) is 34.9. The van der Waals surface area contributed by atoms with E-state index in [1.165, 1.54) is 0 Å². The number of aliphatic hydroxyl groups excluding tert-OH is 2. The van der Waals surface area contributed by atoms with Crippen molar-refractivity contribution < 1.29 is 36.1 Å². The molecule has 0 saturated carbocycles. The van der Waals surface area contributed by atoms with Crippen molar-refractivity contribution in [3.8, 4) is 0 Å². The lowest BCUT2D eigenvalue weighted by molar-refractivity contribution is -0.0160. The Hall–Kier alpha value is 0.901. The van der Waals surface area contributed by atoms with Crippen LogP contribution in [0.15, 0.2) is 0 Å². The molecule has 0 amide bonds. The summed E-state index contributed by atoms with van der Waals surface area (Å²) in [6, 6.07) is 1.89. The summed E-state index contributed by atoms with van der Waals surface area (Å²) >= 11 is 0. The van der Waals surface area contributed by atoms with Crippen molar-refractivity contribution in [2.75, 3.05) is 52.6 Å². The zero-order chi connectivity index (χ0) is 34.3. The molecule has 2 atom stereocenters. The second-order valence-corrected chi connectivity index (χ2v) is 41.9. The van der Waals surface area contributed by atoms with Crippen LogP contribution >= 0.6 is 0 Å². The molecule has 0 rings (SSSR count). The van der Waals surface area contributed by atoms with Crippen LogP contribution < -0.4 is 10.6 Å². The molecule has 0 aliphatic carbocycles. The smallest absolute Gasteiger partial charge is 0.314 e. The molecular formula is C28H72N2O8Si6. The lowest BCUT2D eigenvalue weighted by Gasteiger charge is -2.38. The summed E-state index contributed by atoms with van der Waals surface area (Å²) in [5, 5.41) is 27.2. The fourth-order valence-corrected chi connectivity index (χ4v) is 30.2. The lowest BCUT2D eigenvalue weighted by Crippen LogP contribution is -2.52. The van der Waals surface area contributed by atoms with Gasteiger partial charge in [0.05, 0.1) is 38.6 Å². The highest BCUT2D eigenvalue weighted by Crippen LogP contribution is 2.26. The third-order valence-corrected chi connectivity index (χ3v) is 25.0. The number of nitrogens with one attached hydrogen (secondary N) is 2. The molecule has 0 aromatic carbocycles. The molecule has 0 aromatic heterocycles. The second kappa shape index (κ2) is 20.4. The SMILES string of the molecule is C[Si](C)(C)O[Si](C)(CCCNCC(O)COCCOCC(O)CNCCC[Si](C)(O[Si](C)(C)C)O[Si](C)(C)C)O[Si](C)(C)C. The van der Waals surface area contributed by atoms with Crippen LogP contribution in [-0.2, 0) is 25.9 Å². The Balaban J connectivity index is 4.04. The summed E-state index contributed by atoms with van der Waals surface area (Å²) in [6.07, 6.45) is 0.749. The number of hydrogen-bond donors (Lipinski definition) is 4. The topological polar surface area (TPSA) is 120 Å². The van der Waals surface area contributed by atoms with E-state index in [1.807, 2.05) is 0 Å². The average Bonchev–Trinajstić information content (AvgIpc) is 2.75. The third-order valence-electron chi connectivity index (χ3n) is 5.81. The van der Waals surface area contributed by atoms with Crippen molar-refractivity contribution in [2.24, 2.45) is 0 Å². The summed E-state index contributed by atoms with van der Waals surface area (Å²) < 4.78 is 37.3. The minimum atomic E-state index is -2.22. The Bertz CT molecular complexity index is 666. The predicted octanol–water partition coefficient (Wildman–Crippen LogP) is 5.25. The van der Waals surface area contributed by atoms with E-state index in [0.29, 0.717) is 26.3 Å². The van der Waals surface area contributed by atoms with E-state index in [0.717, 1.165) is 38.0 Å². The van der Waals surface area contributed by atoms with Gasteiger partial charge in [0.15, 0.2) is 33.3 Å². The molecule has 16 heteroatoms. The van der Waals surface area contributed by atoms with E-state index in [2.05, 4.69) is 102 Å². The first-order chi connectivity index (χ1) is 19.8. The van der Waals surface area contributed by atoms with E-state index in [4.69, 9.17) is 25.9 Å². The molecule has 0 radical (unpaired) electrons. The average molecular weight is 733 g/mol. The molecule has 0 fully saturated rings. The summed E-state index contributed by atoms with van der Waals surface area (Å²) in [4.78, 5) is 0. The molecular weight excluding hydrogens is 661 g/mol. The molecule has 0 saturated heterocycles. The van der Waals surface area contributed by atoms with Crippen LogP contribution in [0.5, 0.6) is 0 Å². The summed E-state index contributed by atoms with van der Waals surface area (Å²) in [5.74, 6) is 0. The fourth-order valence-electron chi connectivity index (χ4n) is 5.12. The van der Waals surface area contributed by atoms with Crippen LogP contribution in [0.3, 0.4) is 0 Å². The highest BCUT2D eigenvalue weighted by atomic mass is 28.5. The third kappa shape index (κ3) is 28.0. The van der Waals surface area contributed by atoms with Crippen LogP contribution in [0.1, 0.15) is 12.8 Å². The van der Waals surface area contributed by atoms with Gasteiger partial charge in [0.1, 0.15) is 0 Å². The molecule has 0 spiro atoms. The fraction of sp³-hybridized carbons (Fsp3) is 1.00. The van der Waals surface area contributed by atoms with Gasteiger partial charge in [-0.2, -0.15) is 0 Å². The number of ether oxygens (including phenoxy) is 2. The van der Waals surface area contributed by atoms with Crippen LogP contribution in [0.25, 0.3) is 0 Å². The molecule has 4 N–H and O–H groups in total. The molecule has 0 aromatic rings. The van der Waals surface area contributed by atoms with Crippen LogP contribution in [0.2, 0.25) is 104 Å². The standard InChI is InChI=1S/C28H72N2O8Si6/c1-39(2,3)35-43(13,36-40(4,5)6)21-15-17-29-23-27(31)25-33-19-20-34-26-28(32)24-30-18-16-22-44(14,37-41(7,8)9)38-42(10,11)12/h27-32H,15-26H2,1-14H3. The van der Waals surface area contributed by atoms with Crippen LogP contribution in [-0.4, -0.2) is 125 Å². The van der Waals surface area contributed by atoms with Crippen molar-refractivity contribution >= 4 is 50.4 Å². The van der Waals surface area contributed by atoms with Crippen LogP contribution in [0, 0.1) is 0 Å². The van der Waals surface area contributed by atoms with Gasteiger partial charge in [-0.25, -0.2) is 0 Å². The zero-order valence-electron chi connectivity index (χ0n) is 31.0. The van der Waals surface area contributed by atoms with Gasteiger partial charge < -0.3 is 46.8 Å². The lowest BCUT2D eigenvalue weighted by atomic mass is 10.3. The van der Waals surface area contributed by atoms with Crippen molar-refractivity contribution in [3.63, 3.8) is 0 Å². The predicted molar refractivity (Wildman–Crippen MR) is 199 cm³/mol. The quantitative estimate of drug-likeness (QED) is 0.0659. The summed E-state index contributed by atoms with van der Waals surface area (Å²) in [5.41, 5.74) is 0. The molecule has 0 aliphatic heterocycles. The van der Waals surface area contributed by atoms with E-state index in [1.54, 1.807) is 0 Å². The maximum atomic E-state index is 10.2. The first kappa shape index (κ1) is 44.9. The van der Waals surface area contributed by atoms with Gasteiger partial charge in [-0.3, -0.25) is 0 Å². The molecule has 0 heterocycles. The van der Waals surface area contributed by atoms with Gasteiger partial charge in [-0.15, -0.1) is 0 Å². The largest absolute Gasteiger partial charge is 0.437 e. The Morgan fingerprint density at radius 3 is 1.00 bits per heavy atom. The Morgan fingerprint density at radius 2 is 0.750 bits per heavy atom. The first-order valence-corrected chi connectivity index (χ1v) is 35.2. The molecule has 2 unspecified atom stereocenters. The highest BCUT2D eigenvalue weighted by Gasteiger charge is 2.40. The second-order valence-electron chi connectivity index (χ2n) is 16.2. The van der Waals surface area contributed by atoms with E-state index in [-0.39, 0.29) is 13.2 Å².